The number of hydrogen-bond acceptors (Lipinski definition) is 8. The van der Waals surface area contributed by atoms with Gasteiger partial charge in [-0.2, -0.15) is 4.98 Å². The Bertz CT molecular complexity index is 1550. The van der Waals surface area contributed by atoms with Crippen LogP contribution in [0.15, 0.2) is 79.4 Å². The van der Waals surface area contributed by atoms with E-state index in [-0.39, 0.29) is 5.91 Å². The summed E-state index contributed by atoms with van der Waals surface area (Å²) in [6.07, 6.45) is 4.91. The predicted molar refractivity (Wildman–Crippen MR) is 143 cm³/mol. The van der Waals surface area contributed by atoms with E-state index in [0.717, 1.165) is 22.6 Å². The molecule has 37 heavy (non-hydrogen) atoms. The molecule has 10 nitrogen and oxygen atoms in total. The van der Waals surface area contributed by atoms with Crippen LogP contribution in [0.3, 0.4) is 0 Å². The minimum atomic E-state index is -0.221. The van der Waals surface area contributed by atoms with Crippen LogP contribution in [0, 0.1) is 6.92 Å². The van der Waals surface area contributed by atoms with Crippen molar-refractivity contribution in [2.75, 3.05) is 17.7 Å². The Morgan fingerprint density at radius 2 is 1.73 bits per heavy atom. The molecule has 0 saturated heterocycles. The predicted octanol–water partition coefficient (Wildman–Crippen LogP) is 4.93. The zero-order valence-electron chi connectivity index (χ0n) is 20.0. The van der Waals surface area contributed by atoms with Gasteiger partial charge in [0.25, 0.3) is 5.91 Å². The second kappa shape index (κ2) is 10.4. The summed E-state index contributed by atoms with van der Waals surface area (Å²) in [5.74, 6) is 1.09. The van der Waals surface area contributed by atoms with Gasteiger partial charge < -0.3 is 16.0 Å². The SMILES string of the molecule is CNC(=O)c1ccccc1Nc1nc(Nc2ccc(-n3cnc(-c4ccc(C)nc4)n3)cc2)ncc1Cl. The van der Waals surface area contributed by atoms with Crippen molar-refractivity contribution in [1.82, 2.24) is 35.0 Å². The number of nitrogens with zero attached hydrogens (tertiary/aromatic N) is 6. The third-order valence-corrected chi connectivity index (χ3v) is 5.72. The van der Waals surface area contributed by atoms with E-state index in [2.05, 4.69) is 41.0 Å². The Kier molecular flexibility index (Phi) is 6.73. The number of anilines is 4. The molecule has 1 amide bonds. The third kappa shape index (κ3) is 5.39. The molecule has 3 N–H and O–H groups in total. The van der Waals surface area contributed by atoms with Crippen LogP contribution in [0.25, 0.3) is 17.1 Å². The first kappa shape index (κ1) is 23.9. The standard InChI is InChI=1S/C26H22ClN9O/c1-16-7-8-17(13-29-16)23-31-15-36(35-23)19-11-9-18(10-12-19)32-26-30-14-21(27)24(34-26)33-22-6-4-3-5-20(22)25(37)28-2/h3-15H,1-2H3,(H,28,37)(H2,30,32,33,34). The van der Waals surface area contributed by atoms with E-state index in [1.807, 2.05) is 49.4 Å². The van der Waals surface area contributed by atoms with Crippen molar-refractivity contribution in [2.45, 2.75) is 6.92 Å². The fourth-order valence-corrected chi connectivity index (χ4v) is 3.65. The summed E-state index contributed by atoms with van der Waals surface area (Å²) >= 11 is 6.32. The number of para-hydroxylation sites is 1. The summed E-state index contributed by atoms with van der Waals surface area (Å²) in [6, 6.07) is 18.6. The van der Waals surface area contributed by atoms with Crippen molar-refractivity contribution >= 4 is 40.6 Å². The first-order chi connectivity index (χ1) is 18.0. The molecule has 0 radical (unpaired) electrons. The second-order valence-electron chi connectivity index (χ2n) is 8.01. The molecule has 0 aliphatic carbocycles. The summed E-state index contributed by atoms with van der Waals surface area (Å²) in [5, 5.41) is 13.8. The zero-order valence-corrected chi connectivity index (χ0v) is 20.7. The Morgan fingerprint density at radius 3 is 2.49 bits per heavy atom. The maximum atomic E-state index is 12.2. The van der Waals surface area contributed by atoms with E-state index in [0.29, 0.717) is 33.9 Å². The lowest BCUT2D eigenvalue weighted by molar-refractivity contribution is 0.0964. The molecule has 5 rings (SSSR count). The number of nitrogens with one attached hydrogen (secondary N) is 3. The van der Waals surface area contributed by atoms with Gasteiger partial charge in [-0.3, -0.25) is 9.78 Å². The average molecular weight is 512 g/mol. The quantitative estimate of drug-likeness (QED) is 0.281. The lowest BCUT2D eigenvalue weighted by atomic mass is 10.1. The van der Waals surface area contributed by atoms with E-state index in [1.165, 1.54) is 6.20 Å². The van der Waals surface area contributed by atoms with Gasteiger partial charge in [-0.1, -0.05) is 23.7 Å². The molecule has 0 atom stereocenters. The molecule has 0 bridgehead atoms. The van der Waals surface area contributed by atoms with Crippen molar-refractivity contribution in [3.05, 3.63) is 95.7 Å². The van der Waals surface area contributed by atoms with Crippen LogP contribution < -0.4 is 16.0 Å². The highest BCUT2D eigenvalue weighted by Gasteiger charge is 2.13. The third-order valence-electron chi connectivity index (χ3n) is 5.45. The minimum absolute atomic E-state index is 0.221. The normalized spacial score (nSPS) is 10.7. The molecule has 11 heteroatoms. The van der Waals surface area contributed by atoms with E-state index in [1.54, 1.807) is 42.5 Å². The number of hydrogen-bond donors (Lipinski definition) is 3. The molecular formula is C26H22ClN9O. The van der Waals surface area contributed by atoms with E-state index in [9.17, 15) is 4.79 Å². The average Bonchev–Trinajstić information content (AvgIpc) is 3.42. The highest BCUT2D eigenvalue weighted by molar-refractivity contribution is 6.33. The summed E-state index contributed by atoms with van der Waals surface area (Å²) in [4.78, 5) is 29.6. The van der Waals surface area contributed by atoms with Gasteiger partial charge in [0, 0.05) is 30.2 Å². The topological polar surface area (TPSA) is 123 Å². The highest BCUT2D eigenvalue weighted by atomic mass is 35.5. The molecular weight excluding hydrogens is 490 g/mol. The van der Waals surface area contributed by atoms with Gasteiger partial charge in [0.15, 0.2) is 11.6 Å². The minimum Gasteiger partial charge on any atom is -0.355 e. The Hall–Kier alpha value is -4.83. The van der Waals surface area contributed by atoms with Crippen molar-refractivity contribution in [1.29, 1.82) is 0 Å². The number of amides is 1. The molecule has 5 aromatic rings. The Labute approximate surface area is 217 Å². The van der Waals surface area contributed by atoms with E-state index < -0.39 is 0 Å². The molecule has 0 aliphatic rings. The summed E-state index contributed by atoms with van der Waals surface area (Å²) in [7, 11) is 1.58. The van der Waals surface area contributed by atoms with Crippen LogP contribution in [-0.2, 0) is 0 Å². The Morgan fingerprint density at radius 1 is 0.919 bits per heavy atom. The van der Waals surface area contributed by atoms with Crippen LogP contribution in [-0.4, -0.2) is 42.7 Å². The first-order valence-corrected chi connectivity index (χ1v) is 11.7. The van der Waals surface area contributed by atoms with Crippen LogP contribution in [0.2, 0.25) is 5.02 Å². The number of aromatic nitrogens is 6. The lowest BCUT2D eigenvalue weighted by Gasteiger charge is -2.13. The molecule has 2 aromatic carbocycles. The molecule has 0 spiro atoms. The molecule has 0 unspecified atom stereocenters. The van der Waals surface area contributed by atoms with Gasteiger partial charge in [0.2, 0.25) is 5.95 Å². The largest absolute Gasteiger partial charge is 0.355 e. The van der Waals surface area contributed by atoms with Crippen LogP contribution in [0.4, 0.5) is 23.1 Å². The monoisotopic (exact) mass is 511 g/mol. The van der Waals surface area contributed by atoms with Crippen LogP contribution in [0.5, 0.6) is 0 Å². The Balaban J connectivity index is 1.31. The smallest absolute Gasteiger partial charge is 0.253 e. The van der Waals surface area contributed by atoms with Crippen LogP contribution >= 0.6 is 11.6 Å². The van der Waals surface area contributed by atoms with Crippen molar-refractivity contribution in [3.8, 4) is 17.1 Å². The van der Waals surface area contributed by atoms with Crippen molar-refractivity contribution in [2.24, 2.45) is 0 Å². The highest BCUT2D eigenvalue weighted by Crippen LogP contribution is 2.27. The number of pyridine rings is 1. The molecule has 0 saturated carbocycles. The maximum Gasteiger partial charge on any atom is 0.253 e. The van der Waals surface area contributed by atoms with Gasteiger partial charge in [-0.15, -0.1) is 5.10 Å². The van der Waals surface area contributed by atoms with Gasteiger partial charge >= 0.3 is 0 Å². The van der Waals surface area contributed by atoms with Gasteiger partial charge in [0.05, 0.1) is 23.1 Å². The van der Waals surface area contributed by atoms with E-state index in [4.69, 9.17) is 11.6 Å². The number of aryl methyl sites for hydroxylation is 1. The van der Waals surface area contributed by atoms with Crippen LogP contribution in [0.1, 0.15) is 16.1 Å². The summed E-state index contributed by atoms with van der Waals surface area (Å²) in [6.45, 7) is 1.93. The maximum absolute atomic E-state index is 12.2. The zero-order chi connectivity index (χ0) is 25.8. The number of rotatable bonds is 7. The van der Waals surface area contributed by atoms with Gasteiger partial charge in [0.1, 0.15) is 11.3 Å². The molecule has 0 fully saturated rings. The molecule has 184 valence electrons. The molecule has 3 aromatic heterocycles. The van der Waals surface area contributed by atoms with Gasteiger partial charge in [-0.05, 0) is 55.5 Å². The summed E-state index contributed by atoms with van der Waals surface area (Å²) in [5.41, 5.74) is 4.45. The van der Waals surface area contributed by atoms with Crippen molar-refractivity contribution in [3.63, 3.8) is 0 Å². The number of benzene rings is 2. The fourth-order valence-electron chi connectivity index (χ4n) is 3.51. The molecule has 3 heterocycles. The second-order valence-corrected chi connectivity index (χ2v) is 8.42. The summed E-state index contributed by atoms with van der Waals surface area (Å²) < 4.78 is 1.70. The van der Waals surface area contributed by atoms with Gasteiger partial charge in [-0.25, -0.2) is 14.6 Å². The van der Waals surface area contributed by atoms with Crippen molar-refractivity contribution < 1.29 is 4.79 Å². The number of halogens is 1. The number of carbonyl (C=O) groups excluding carboxylic acids is 1. The lowest BCUT2D eigenvalue weighted by Crippen LogP contribution is -2.19. The van der Waals surface area contributed by atoms with E-state index >= 15 is 0 Å². The first-order valence-electron chi connectivity index (χ1n) is 11.3. The molecule has 0 aliphatic heterocycles. The fraction of sp³-hybridized carbons (Fsp3) is 0.0769. The number of carbonyl (C=O) groups is 1.